The number of nitrogens with two attached hydrogens (primary N) is 1. The van der Waals surface area contributed by atoms with Gasteiger partial charge < -0.3 is 15.4 Å². The first kappa shape index (κ1) is 14.1. The molecule has 0 radical (unpaired) electrons. The predicted molar refractivity (Wildman–Crippen MR) is 76.4 cm³/mol. The van der Waals surface area contributed by atoms with Gasteiger partial charge in [0, 0.05) is 13.1 Å². The standard InChI is InChI=1S/C14H24N4O/c1-3-19-14-10-16-9-13(17-14)18(2)12-7-5-4-6-11(12)8-15/h9-12H,3-8,15H2,1-2H3. The lowest BCUT2D eigenvalue weighted by Gasteiger charge is -2.38. The van der Waals surface area contributed by atoms with Gasteiger partial charge in [0.1, 0.15) is 0 Å². The van der Waals surface area contributed by atoms with Gasteiger partial charge in [0.2, 0.25) is 5.88 Å². The second-order valence-electron chi connectivity index (χ2n) is 5.11. The third-order valence-corrected chi connectivity index (χ3v) is 3.92. The summed E-state index contributed by atoms with van der Waals surface area (Å²) in [7, 11) is 2.08. The van der Waals surface area contributed by atoms with Crippen LogP contribution in [0.2, 0.25) is 0 Å². The molecule has 2 N–H and O–H groups in total. The van der Waals surface area contributed by atoms with Crippen LogP contribution in [0.15, 0.2) is 12.4 Å². The molecular formula is C14H24N4O. The fourth-order valence-electron chi connectivity index (χ4n) is 2.87. The van der Waals surface area contributed by atoms with E-state index in [0.717, 1.165) is 12.4 Å². The van der Waals surface area contributed by atoms with Crippen molar-refractivity contribution < 1.29 is 4.74 Å². The molecule has 0 bridgehead atoms. The van der Waals surface area contributed by atoms with Gasteiger partial charge in [0.05, 0.1) is 19.0 Å². The third kappa shape index (κ3) is 3.35. The largest absolute Gasteiger partial charge is 0.477 e. The van der Waals surface area contributed by atoms with Crippen molar-refractivity contribution in [1.29, 1.82) is 0 Å². The summed E-state index contributed by atoms with van der Waals surface area (Å²) in [5, 5.41) is 0. The smallest absolute Gasteiger partial charge is 0.234 e. The van der Waals surface area contributed by atoms with Gasteiger partial charge in [-0.15, -0.1) is 0 Å². The van der Waals surface area contributed by atoms with Crippen molar-refractivity contribution in [2.45, 2.75) is 38.6 Å². The molecular weight excluding hydrogens is 240 g/mol. The van der Waals surface area contributed by atoms with Gasteiger partial charge in [-0.3, -0.25) is 4.98 Å². The van der Waals surface area contributed by atoms with Crippen LogP contribution in [-0.4, -0.2) is 36.2 Å². The molecule has 1 heterocycles. The highest BCUT2D eigenvalue weighted by molar-refractivity contribution is 5.38. The Kier molecular flexibility index (Phi) is 4.96. The van der Waals surface area contributed by atoms with Crippen molar-refractivity contribution in [2.75, 3.05) is 25.1 Å². The first-order valence-electron chi connectivity index (χ1n) is 7.14. The molecule has 106 valence electrons. The molecule has 1 aliphatic carbocycles. The van der Waals surface area contributed by atoms with Crippen LogP contribution in [0.25, 0.3) is 0 Å². The lowest BCUT2D eigenvalue weighted by molar-refractivity contribution is 0.302. The maximum absolute atomic E-state index is 5.90. The van der Waals surface area contributed by atoms with Crippen LogP contribution in [0, 0.1) is 5.92 Å². The first-order chi connectivity index (χ1) is 9.26. The Morgan fingerprint density at radius 2 is 2.16 bits per heavy atom. The van der Waals surface area contributed by atoms with Crippen molar-refractivity contribution in [2.24, 2.45) is 11.7 Å². The fraction of sp³-hybridized carbons (Fsp3) is 0.714. The predicted octanol–water partition coefficient (Wildman–Crippen LogP) is 1.83. The number of ether oxygens (including phenoxy) is 1. The SMILES string of the molecule is CCOc1cncc(N(C)C2CCCCC2CN)n1. The van der Waals surface area contributed by atoms with Crippen molar-refractivity contribution in [3.8, 4) is 5.88 Å². The Morgan fingerprint density at radius 1 is 1.37 bits per heavy atom. The van der Waals surface area contributed by atoms with Crippen LogP contribution >= 0.6 is 0 Å². The van der Waals surface area contributed by atoms with Crippen molar-refractivity contribution in [3.63, 3.8) is 0 Å². The molecule has 2 atom stereocenters. The molecule has 2 unspecified atom stereocenters. The van der Waals surface area contributed by atoms with Crippen molar-refractivity contribution in [1.82, 2.24) is 9.97 Å². The average molecular weight is 264 g/mol. The molecule has 5 heteroatoms. The zero-order chi connectivity index (χ0) is 13.7. The van der Waals surface area contributed by atoms with Gasteiger partial charge in [0.15, 0.2) is 5.82 Å². The molecule has 0 saturated heterocycles. The fourth-order valence-corrected chi connectivity index (χ4v) is 2.87. The highest BCUT2D eigenvalue weighted by Gasteiger charge is 2.28. The van der Waals surface area contributed by atoms with Crippen LogP contribution in [0.3, 0.4) is 0 Å². The minimum Gasteiger partial charge on any atom is -0.477 e. The molecule has 0 amide bonds. The topological polar surface area (TPSA) is 64.3 Å². The molecule has 1 aliphatic rings. The quantitative estimate of drug-likeness (QED) is 0.879. The number of hydrogen-bond donors (Lipinski definition) is 1. The van der Waals surface area contributed by atoms with Crippen molar-refractivity contribution in [3.05, 3.63) is 12.4 Å². The molecule has 1 saturated carbocycles. The van der Waals surface area contributed by atoms with E-state index in [2.05, 4.69) is 21.9 Å². The molecule has 1 fully saturated rings. The number of hydrogen-bond acceptors (Lipinski definition) is 5. The number of rotatable bonds is 5. The third-order valence-electron chi connectivity index (χ3n) is 3.92. The minimum atomic E-state index is 0.463. The summed E-state index contributed by atoms with van der Waals surface area (Å²) in [5.41, 5.74) is 5.90. The van der Waals surface area contributed by atoms with E-state index in [-0.39, 0.29) is 0 Å². The van der Waals surface area contributed by atoms with E-state index in [1.54, 1.807) is 12.4 Å². The van der Waals surface area contributed by atoms with E-state index in [9.17, 15) is 0 Å². The second-order valence-corrected chi connectivity index (χ2v) is 5.11. The Morgan fingerprint density at radius 3 is 2.89 bits per heavy atom. The summed E-state index contributed by atoms with van der Waals surface area (Å²) in [6.07, 6.45) is 8.40. The summed E-state index contributed by atoms with van der Waals surface area (Å²) in [6, 6.07) is 0.463. The zero-order valence-corrected chi connectivity index (χ0v) is 11.9. The molecule has 1 aromatic heterocycles. The van der Waals surface area contributed by atoms with Crippen LogP contribution < -0.4 is 15.4 Å². The summed E-state index contributed by atoms with van der Waals surface area (Å²) < 4.78 is 5.41. The summed E-state index contributed by atoms with van der Waals surface area (Å²) in [6.45, 7) is 3.30. The molecule has 0 aromatic carbocycles. The van der Waals surface area contributed by atoms with E-state index in [4.69, 9.17) is 10.5 Å². The summed E-state index contributed by atoms with van der Waals surface area (Å²) in [5.74, 6) is 2.01. The molecule has 2 rings (SSSR count). The maximum Gasteiger partial charge on any atom is 0.234 e. The molecule has 0 aliphatic heterocycles. The van der Waals surface area contributed by atoms with Crippen LogP contribution in [0.1, 0.15) is 32.6 Å². The molecule has 5 nitrogen and oxygen atoms in total. The van der Waals surface area contributed by atoms with Gasteiger partial charge in [-0.25, -0.2) is 0 Å². The Bertz CT molecular complexity index is 399. The molecule has 19 heavy (non-hydrogen) atoms. The van der Waals surface area contributed by atoms with Gasteiger partial charge >= 0.3 is 0 Å². The summed E-state index contributed by atoms with van der Waals surface area (Å²) in [4.78, 5) is 10.9. The Balaban J connectivity index is 2.12. The maximum atomic E-state index is 5.90. The van der Waals surface area contributed by atoms with E-state index in [0.29, 0.717) is 24.4 Å². The highest BCUT2D eigenvalue weighted by atomic mass is 16.5. The lowest BCUT2D eigenvalue weighted by Crippen LogP contribution is -2.43. The second kappa shape index (κ2) is 6.70. The van der Waals surface area contributed by atoms with Crippen molar-refractivity contribution >= 4 is 5.82 Å². The number of anilines is 1. The highest BCUT2D eigenvalue weighted by Crippen LogP contribution is 2.29. The van der Waals surface area contributed by atoms with E-state index >= 15 is 0 Å². The van der Waals surface area contributed by atoms with Gasteiger partial charge in [0.25, 0.3) is 0 Å². The first-order valence-corrected chi connectivity index (χ1v) is 7.14. The molecule has 1 aromatic rings. The van der Waals surface area contributed by atoms with E-state index in [1.807, 2.05) is 6.92 Å². The van der Waals surface area contributed by atoms with Gasteiger partial charge in [-0.05, 0) is 32.2 Å². The number of aromatic nitrogens is 2. The van der Waals surface area contributed by atoms with E-state index in [1.165, 1.54) is 25.7 Å². The Hall–Kier alpha value is -1.36. The van der Waals surface area contributed by atoms with Crippen LogP contribution in [0.5, 0.6) is 5.88 Å². The van der Waals surface area contributed by atoms with E-state index < -0.39 is 0 Å². The Labute approximate surface area is 115 Å². The normalized spacial score (nSPS) is 23.1. The monoisotopic (exact) mass is 264 g/mol. The number of nitrogens with zero attached hydrogens (tertiary/aromatic N) is 3. The van der Waals surface area contributed by atoms with Crippen LogP contribution in [0.4, 0.5) is 5.82 Å². The van der Waals surface area contributed by atoms with Gasteiger partial charge in [-0.1, -0.05) is 12.8 Å². The summed E-state index contributed by atoms with van der Waals surface area (Å²) >= 11 is 0. The average Bonchev–Trinajstić information content (AvgIpc) is 2.47. The van der Waals surface area contributed by atoms with Gasteiger partial charge in [-0.2, -0.15) is 4.98 Å². The molecule has 0 spiro atoms. The minimum absolute atomic E-state index is 0.463. The lowest BCUT2D eigenvalue weighted by atomic mass is 9.84. The zero-order valence-electron chi connectivity index (χ0n) is 11.9. The van der Waals surface area contributed by atoms with Crippen LogP contribution in [-0.2, 0) is 0 Å².